The summed E-state index contributed by atoms with van der Waals surface area (Å²) in [5.74, 6) is 0.265. The first-order valence-corrected chi connectivity index (χ1v) is 13.9. The van der Waals surface area contributed by atoms with E-state index in [1.165, 1.54) is 5.56 Å². The molecule has 0 spiro atoms. The number of carbonyl (C=O) groups excluding carboxylic acids is 1. The fourth-order valence-corrected chi connectivity index (χ4v) is 5.16. The third kappa shape index (κ3) is 6.10. The van der Waals surface area contributed by atoms with Gasteiger partial charge < -0.3 is 10.6 Å². The number of halogens is 1. The molecule has 1 heterocycles. The quantitative estimate of drug-likeness (QED) is 0.233. The van der Waals surface area contributed by atoms with Crippen molar-refractivity contribution in [2.45, 2.75) is 33.2 Å². The molecule has 5 rings (SSSR count). The highest BCUT2D eigenvalue weighted by Gasteiger charge is 2.32. The predicted molar refractivity (Wildman–Crippen MR) is 159 cm³/mol. The van der Waals surface area contributed by atoms with E-state index in [-0.39, 0.29) is 11.7 Å². The minimum Gasteiger partial charge on any atom is -0.354 e. The smallest absolute Gasteiger partial charge is 0.168 e. The van der Waals surface area contributed by atoms with Crippen molar-refractivity contribution in [2.75, 3.05) is 31.5 Å². The van der Waals surface area contributed by atoms with Gasteiger partial charge in [0.1, 0.15) is 0 Å². The van der Waals surface area contributed by atoms with Crippen molar-refractivity contribution in [2.24, 2.45) is 5.92 Å². The predicted octanol–water partition coefficient (Wildman–Crippen LogP) is 7.02. The van der Waals surface area contributed by atoms with Crippen molar-refractivity contribution in [3.05, 3.63) is 106 Å². The van der Waals surface area contributed by atoms with Crippen LogP contribution in [0.5, 0.6) is 0 Å². The molecule has 0 atom stereocenters. The molecule has 5 heteroatoms. The summed E-state index contributed by atoms with van der Waals surface area (Å²) < 4.78 is 0. The van der Waals surface area contributed by atoms with Crippen molar-refractivity contribution < 1.29 is 4.79 Å². The maximum Gasteiger partial charge on any atom is 0.168 e. The highest BCUT2D eigenvalue weighted by atomic mass is 35.5. The highest BCUT2D eigenvalue weighted by Crippen LogP contribution is 2.37. The lowest BCUT2D eigenvalue weighted by atomic mass is 9.93. The van der Waals surface area contributed by atoms with E-state index in [4.69, 9.17) is 11.6 Å². The lowest BCUT2D eigenvalue weighted by molar-refractivity contribution is -0.116. The van der Waals surface area contributed by atoms with E-state index in [2.05, 4.69) is 77.6 Å². The molecule has 0 aromatic heterocycles. The molecule has 1 aliphatic carbocycles. The van der Waals surface area contributed by atoms with Gasteiger partial charge in [-0.05, 0) is 78.8 Å². The normalized spacial score (nSPS) is 16.6. The number of piperazine rings is 1. The van der Waals surface area contributed by atoms with Gasteiger partial charge in [-0.25, -0.2) is 0 Å². The van der Waals surface area contributed by atoms with Gasteiger partial charge in [0.05, 0.1) is 5.70 Å². The van der Waals surface area contributed by atoms with Crippen molar-refractivity contribution in [1.29, 1.82) is 0 Å². The number of anilines is 1. The van der Waals surface area contributed by atoms with Gasteiger partial charge in [0.2, 0.25) is 0 Å². The van der Waals surface area contributed by atoms with Crippen LogP contribution in [0.15, 0.2) is 78.9 Å². The first kappa shape index (κ1) is 26.4. The lowest BCUT2D eigenvalue weighted by Gasteiger charge is -2.27. The van der Waals surface area contributed by atoms with Crippen LogP contribution in [0.25, 0.3) is 16.8 Å². The van der Waals surface area contributed by atoms with Crippen molar-refractivity contribution in [3.63, 3.8) is 0 Å². The Morgan fingerprint density at radius 3 is 2.29 bits per heavy atom. The maximum absolute atomic E-state index is 13.4. The molecule has 0 amide bonds. The number of rotatable bonds is 9. The molecule has 2 N–H and O–H groups in total. The maximum atomic E-state index is 13.4. The fraction of sp³-hybridized carbons (Fsp3) is 0.303. The summed E-state index contributed by atoms with van der Waals surface area (Å²) in [4.78, 5) is 15.8. The third-order valence-electron chi connectivity index (χ3n) is 7.54. The van der Waals surface area contributed by atoms with Crippen LogP contribution in [-0.4, -0.2) is 36.9 Å². The monoisotopic (exact) mass is 525 g/mol. The topological polar surface area (TPSA) is 44.4 Å². The Hall–Kier alpha value is -3.18. The summed E-state index contributed by atoms with van der Waals surface area (Å²) in [6.45, 7) is 13.3. The lowest BCUT2D eigenvalue weighted by Crippen LogP contribution is -2.42. The second kappa shape index (κ2) is 11.7. The molecular formula is C33H36ClN3O. The minimum absolute atomic E-state index is 0.0978. The number of hydrogen-bond acceptors (Lipinski definition) is 4. The largest absolute Gasteiger partial charge is 0.354 e. The van der Waals surface area contributed by atoms with Crippen LogP contribution >= 0.6 is 11.6 Å². The van der Waals surface area contributed by atoms with Crippen LogP contribution < -0.4 is 10.6 Å². The van der Waals surface area contributed by atoms with E-state index >= 15 is 0 Å². The number of ketones is 1. The minimum atomic E-state index is 0.0978. The Labute approximate surface area is 231 Å². The van der Waals surface area contributed by atoms with Crippen LogP contribution in [0, 0.1) is 19.8 Å². The fourth-order valence-electron chi connectivity index (χ4n) is 4.98. The van der Waals surface area contributed by atoms with Crippen LogP contribution in [-0.2, 0) is 11.3 Å². The average molecular weight is 526 g/mol. The molecule has 2 aliphatic rings. The second-order valence-corrected chi connectivity index (χ2v) is 10.9. The zero-order valence-electron chi connectivity index (χ0n) is 22.3. The summed E-state index contributed by atoms with van der Waals surface area (Å²) in [6.07, 6.45) is 3.62. The average Bonchev–Trinajstić information content (AvgIpc) is 3.78. The zero-order chi connectivity index (χ0) is 26.6. The molecule has 0 radical (unpaired) electrons. The van der Waals surface area contributed by atoms with Crippen LogP contribution in [0.1, 0.15) is 35.1 Å². The molecule has 3 aromatic carbocycles. The van der Waals surface area contributed by atoms with Gasteiger partial charge in [0.15, 0.2) is 5.78 Å². The van der Waals surface area contributed by atoms with Crippen molar-refractivity contribution in [3.8, 4) is 11.1 Å². The van der Waals surface area contributed by atoms with Gasteiger partial charge >= 0.3 is 0 Å². The second-order valence-electron chi connectivity index (χ2n) is 10.5. The SMILES string of the molecule is C=C/C(C(=O)C1CC1)=C(/Nc1ccc(CN2CCNCC2)cc1)c1cc(-c2ccc(C)c(Cl)c2)ccc1C. The molecule has 1 aliphatic heterocycles. The number of benzene rings is 3. The number of nitrogens with zero attached hydrogens (tertiary/aromatic N) is 1. The Bertz CT molecular complexity index is 1370. The van der Waals surface area contributed by atoms with Gasteiger partial charge in [0, 0.05) is 60.5 Å². The number of aryl methyl sites for hydroxylation is 2. The van der Waals surface area contributed by atoms with E-state index in [0.29, 0.717) is 5.57 Å². The molecule has 3 aromatic rings. The summed E-state index contributed by atoms with van der Waals surface area (Å²) >= 11 is 6.45. The zero-order valence-corrected chi connectivity index (χ0v) is 23.1. The first-order chi connectivity index (χ1) is 18.4. The highest BCUT2D eigenvalue weighted by molar-refractivity contribution is 6.31. The Morgan fingerprint density at radius 2 is 1.66 bits per heavy atom. The van der Waals surface area contributed by atoms with E-state index in [9.17, 15) is 4.79 Å². The number of hydrogen-bond donors (Lipinski definition) is 2. The molecule has 196 valence electrons. The van der Waals surface area contributed by atoms with Crippen LogP contribution in [0.3, 0.4) is 0 Å². The van der Waals surface area contributed by atoms with Crippen molar-refractivity contribution in [1.82, 2.24) is 10.2 Å². The van der Waals surface area contributed by atoms with Crippen LogP contribution in [0.4, 0.5) is 5.69 Å². The molecule has 0 unspecified atom stereocenters. The van der Waals surface area contributed by atoms with Gasteiger partial charge in [0.25, 0.3) is 0 Å². The Balaban J connectivity index is 1.50. The summed E-state index contributed by atoms with van der Waals surface area (Å²) in [7, 11) is 0. The molecular weight excluding hydrogens is 490 g/mol. The van der Waals surface area contributed by atoms with E-state index in [1.54, 1.807) is 6.08 Å². The molecule has 4 nitrogen and oxygen atoms in total. The molecule has 2 fully saturated rings. The third-order valence-corrected chi connectivity index (χ3v) is 7.95. The first-order valence-electron chi connectivity index (χ1n) is 13.5. The van der Waals surface area contributed by atoms with Crippen molar-refractivity contribution >= 4 is 28.8 Å². The van der Waals surface area contributed by atoms with E-state index in [1.807, 2.05) is 19.1 Å². The van der Waals surface area contributed by atoms with E-state index < -0.39 is 0 Å². The van der Waals surface area contributed by atoms with E-state index in [0.717, 1.165) is 89.8 Å². The molecule has 0 bridgehead atoms. The van der Waals surface area contributed by atoms with Gasteiger partial charge in [-0.1, -0.05) is 60.7 Å². The molecule has 1 saturated heterocycles. The Kier molecular flexibility index (Phi) is 8.13. The summed E-state index contributed by atoms with van der Waals surface area (Å²) in [5, 5.41) is 7.77. The summed E-state index contributed by atoms with van der Waals surface area (Å²) in [6, 6.07) is 21.1. The van der Waals surface area contributed by atoms with Gasteiger partial charge in [-0.15, -0.1) is 0 Å². The molecule has 38 heavy (non-hydrogen) atoms. The number of allylic oxidation sites excluding steroid dienone is 2. The number of carbonyl (C=O) groups is 1. The van der Waals surface area contributed by atoms with Crippen LogP contribution in [0.2, 0.25) is 5.02 Å². The molecule has 1 saturated carbocycles. The van der Waals surface area contributed by atoms with Gasteiger partial charge in [-0.3, -0.25) is 9.69 Å². The number of Topliss-reactive ketones (excluding diaryl/α,β-unsaturated/α-hetero) is 1. The standard InChI is InChI=1S/C33H36ClN3O/c1-4-29(33(38)25-11-12-25)32(36-28-13-7-24(8-14-28)21-37-17-15-35-16-18-37)30-19-26(9-5-22(30)2)27-10-6-23(3)31(34)20-27/h4-10,13-14,19-20,25,35-36H,1,11-12,15-18,21H2,2-3H3/b32-29-. The summed E-state index contributed by atoms with van der Waals surface area (Å²) in [5.41, 5.74) is 8.94. The number of nitrogens with one attached hydrogen (secondary N) is 2. The van der Waals surface area contributed by atoms with Gasteiger partial charge in [-0.2, -0.15) is 0 Å². The Morgan fingerprint density at radius 1 is 1.00 bits per heavy atom.